The Morgan fingerprint density at radius 1 is 1.09 bits per heavy atom. The lowest BCUT2D eigenvalue weighted by Crippen LogP contribution is -2.42. The average molecular weight is 305 g/mol. The summed E-state index contributed by atoms with van der Waals surface area (Å²) in [6.07, 6.45) is 1.71. The summed E-state index contributed by atoms with van der Waals surface area (Å²) in [6.45, 7) is 0.248. The number of carbonyl (C=O) groups is 2. The molecule has 5 heteroatoms. The second-order valence-electron chi connectivity index (χ2n) is 5.52. The Bertz CT molecular complexity index is 913. The first kappa shape index (κ1) is 13.6. The highest BCUT2D eigenvalue weighted by molar-refractivity contribution is 6.14. The van der Waals surface area contributed by atoms with Gasteiger partial charge < -0.3 is 15.2 Å². The lowest BCUT2D eigenvalue weighted by Gasteiger charge is -2.29. The Morgan fingerprint density at radius 2 is 1.87 bits per heavy atom. The Labute approximate surface area is 132 Å². The number of H-pyrrole nitrogens is 1. The minimum absolute atomic E-state index is 0.0410. The summed E-state index contributed by atoms with van der Waals surface area (Å²) in [5, 5.41) is 3.95. The van der Waals surface area contributed by atoms with E-state index in [1.807, 2.05) is 48.5 Å². The number of anilines is 2. The van der Waals surface area contributed by atoms with Gasteiger partial charge in [0.05, 0.1) is 24.5 Å². The molecule has 0 spiro atoms. The number of carbonyl (C=O) groups excluding carboxylic acids is 2. The number of Topliss-reactive ketones (excluding diaryl/α,β-unsaturated/α-hetero) is 1. The topological polar surface area (TPSA) is 65.2 Å². The zero-order valence-corrected chi connectivity index (χ0v) is 12.4. The fourth-order valence-electron chi connectivity index (χ4n) is 2.96. The van der Waals surface area contributed by atoms with Crippen LogP contribution in [0.4, 0.5) is 11.4 Å². The number of aromatic nitrogens is 1. The van der Waals surface area contributed by atoms with Crippen molar-refractivity contribution in [2.75, 3.05) is 23.3 Å². The van der Waals surface area contributed by atoms with Crippen LogP contribution in [0.25, 0.3) is 10.9 Å². The van der Waals surface area contributed by atoms with Gasteiger partial charge in [0, 0.05) is 22.7 Å². The molecule has 0 fully saturated rings. The van der Waals surface area contributed by atoms with Crippen molar-refractivity contribution >= 4 is 34.0 Å². The molecule has 0 unspecified atom stereocenters. The van der Waals surface area contributed by atoms with E-state index >= 15 is 0 Å². The molecule has 1 amide bonds. The number of ketones is 1. The molecule has 0 radical (unpaired) electrons. The molecule has 1 aliphatic heterocycles. The van der Waals surface area contributed by atoms with Crippen LogP contribution in [0, 0.1) is 0 Å². The van der Waals surface area contributed by atoms with Crippen molar-refractivity contribution in [2.45, 2.75) is 0 Å². The number of benzene rings is 2. The average Bonchev–Trinajstić information content (AvgIpc) is 3.01. The van der Waals surface area contributed by atoms with Crippen LogP contribution in [-0.2, 0) is 4.79 Å². The van der Waals surface area contributed by atoms with Gasteiger partial charge in [-0.05, 0) is 18.2 Å². The highest BCUT2D eigenvalue weighted by Crippen LogP contribution is 2.29. The molecule has 3 aromatic rings. The third kappa shape index (κ3) is 2.26. The summed E-state index contributed by atoms with van der Waals surface area (Å²) >= 11 is 0. The van der Waals surface area contributed by atoms with E-state index < -0.39 is 0 Å². The van der Waals surface area contributed by atoms with Gasteiger partial charge in [0.25, 0.3) is 0 Å². The molecular formula is C18H15N3O2. The quantitative estimate of drug-likeness (QED) is 0.731. The van der Waals surface area contributed by atoms with Crippen molar-refractivity contribution in [1.29, 1.82) is 0 Å². The summed E-state index contributed by atoms with van der Waals surface area (Å²) in [7, 11) is 0. The SMILES string of the molecule is O=C(CN1C(=O)CNc2ccccc21)c1c[nH]c2ccccc12. The Hall–Kier alpha value is -3.08. The summed E-state index contributed by atoms with van der Waals surface area (Å²) in [6, 6.07) is 15.2. The highest BCUT2D eigenvalue weighted by atomic mass is 16.2. The third-order valence-electron chi connectivity index (χ3n) is 4.12. The molecule has 0 saturated carbocycles. The standard InChI is InChI=1S/C18H15N3O2/c22-17(13-9-19-14-6-2-1-5-12(13)14)11-21-16-8-4-3-7-15(16)20-10-18(21)23/h1-9,19-20H,10-11H2. The predicted octanol–water partition coefficient (Wildman–Crippen LogP) is 2.81. The fraction of sp³-hybridized carbons (Fsp3) is 0.111. The molecule has 0 bridgehead atoms. The van der Waals surface area contributed by atoms with E-state index in [0.717, 1.165) is 22.3 Å². The number of nitrogens with zero attached hydrogens (tertiary/aromatic N) is 1. The molecule has 2 heterocycles. The highest BCUT2D eigenvalue weighted by Gasteiger charge is 2.26. The van der Waals surface area contributed by atoms with Crippen LogP contribution in [0.1, 0.15) is 10.4 Å². The molecule has 2 N–H and O–H groups in total. The second-order valence-corrected chi connectivity index (χ2v) is 5.52. The molecule has 5 nitrogen and oxygen atoms in total. The molecular weight excluding hydrogens is 290 g/mol. The smallest absolute Gasteiger partial charge is 0.246 e. The van der Waals surface area contributed by atoms with Crippen LogP contribution in [-0.4, -0.2) is 29.8 Å². The van der Waals surface area contributed by atoms with Gasteiger partial charge in [-0.3, -0.25) is 9.59 Å². The first-order valence-corrected chi connectivity index (χ1v) is 7.46. The van der Waals surface area contributed by atoms with Crippen molar-refractivity contribution < 1.29 is 9.59 Å². The van der Waals surface area contributed by atoms with Crippen LogP contribution in [0.2, 0.25) is 0 Å². The zero-order valence-electron chi connectivity index (χ0n) is 12.4. The number of hydrogen-bond donors (Lipinski definition) is 2. The summed E-state index contributed by atoms with van der Waals surface area (Å²) < 4.78 is 0. The van der Waals surface area contributed by atoms with E-state index in [9.17, 15) is 9.59 Å². The van der Waals surface area contributed by atoms with Gasteiger partial charge in [-0.2, -0.15) is 0 Å². The maximum absolute atomic E-state index is 12.7. The number of para-hydroxylation sites is 3. The van der Waals surface area contributed by atoms with Crippen molar-refractivity contribution in [2.24, 2.45) is 0 Å². The Kier molecular flexibility index (Phi) is 3.12. The minimum Gasteiger partial charge on any atom is -0.374 e. The van der Waals surface area contributed by atoms with Gasteiger partial charge in [0.15, 0.2) is 5.78 Å². The summed E-state index contributed by atoms with van der Waals surface area (Å²) in [5.74, 6) is -0.176. The van der Waals surface area contributed by atoms with Crippen molar-refractivity contribution in [1.82, 2.24) is 4.98 Å². The summed E-state index contributed by atoms with van der Waals surface area (Å²) in [5.41, 5.74) is 3.16. The van der Waals surface area contributed by atoms with E-state index in [4.69, 9.17) is 0 Å². The largest absolute Gasteiger partial charge is 0.374 e. The molecule has 1 aromatic heterocycles. The molecule has 1 aliphatic rings. The van der Waals surface area contributed by atoms with Gasteiger partial charge >= 0.3 is 0 Å². The summed E-state index contributed by atoms with van der Waals surface area (Å²) in [4.78, 5) is 29.6. The molecule has 0 aliphatic carbocycles. The van der Waals surface area contributed by atoms with Crippen molar-refractivity contribution in [3.05, 3.63) is 60.3 Å². The number of rotatable bonds is 3. The van der Waals surface area contributed by atoms with Crippen LogP contribution >= 0.6 is 0 Å². The van der Waals surface area contributed by atoms with Crippen LogP contribution in [0.15, 0.2) is 54.7 Å². The predicted molar refractivity (Wildman–Crippen MR) is 89.9 cm³/mol. The molecule has 2 aromatic carbocycles. The second kappa shape index (κ2) is 5.28. The fourth-order valence-corrected chi connectivity index (χ4v) is 2.96. The lowest BCUT2D eigenvalue weighted by molar-refractivity contribution is -0.117. The van der Waals surface area contributed by atoms with E-state index in [-0.39, 0.29) is 24.8 Å². The molecule has 23 heavy (non-hydrogen) atoms. The van der Waals surface area contributed by atoms with Gasteiger partial charge in [-0.25, -0.2) is 0 Å². The van der Waals surface area contributed by atoms with Gasteiger partial charge in [-0.1, -0.05) is 30.3 Å². The van der Waals surface area contributed by atoms with Gasteiger partial charge in [0.1, 0.15) is 0 Å². The number of amides is 1. The van der Waals surface area contributed by atoms with Crippen molar-refractivity contribution in [3.63, 3.8) is 0 Å². The lowest BCUT2D eigenvalue weighted by atomic mass is 10.1. The van der Waals surface area contributed by atoms with E-state index in [2.05, 4.69) is 10.3 Å². The minimum atomic E-state index is -0.100. The number of aromatic amines is 1. The van der Waals surface area contributed by atoms with Crippen LogP contribution in [0.5, 0.6) is 0 Å². The normalized spacial score (nSPS) is 13.7. The number of fused-ring (bicyclic) bond motifs is 2. The van der Waals surface area contributed by atoms with Crippen molar-refractivity contribution in [3.8, 4) is 0 Å². The van der Waals surface area contributed by atoms with E-state index in [1.165, 1.54) is 0 Å². The monoisotopic (exact) mass is 305 g/mol. The zero-order chi connectivity index (χ0) is 15.8. The van der Waals surface area contributed by atoms with Gasteiger partial charge in [0.2, 0.25) is 5.91 Å². The first-order chi connectivity index (χ1) is 11.2. The van der Waals surface area contributed by atoms with E-state index in [1.54, 1.807) is 11.1 Å². The Morgan fingerprint density at radius 3 is 2.78 bits per heavy atom. The third-order valence-corrected chi connectivity index (χ3v) is 4.12. The van der Waals surface area contributed by atoms with E-state index in [0.29, 0.717) is 5.56 Å². The molecule has 114 valence electrons. The molecule has 0 saturated heterocycles. The van der Waals surface area contributed by atoms with Crippen LogP contribution < -0.4 is 10.2 Å². The maximum atomic E-state index is 12.7. The molecule has 4 rings (SSSR count). The first-order valence-electron chi connectivity index (χ1n) is 7.46. The van der Waals surface area contributed by atoms with Gasteiger partial charge in [-0.15, -0.1) is 0 Å². The molecule has 0 atom stereocenters. The number of nitrogens with one attached hydrogen (secondary N) is 2. The Balaban J connectivity index is 1.68. The maximum Gasteiger partial charge on any atom is 0.246 e. The van der Waals surface area contributed by atoms with Crippen LogP contribution in [0.3, 0.4) is 0 Å². The number of hydrogen-bond acceptors (Lipinski definition) is 3.